The van der Waals surface area contributed by atoms with Crippen LogP contribution in [0.4, 0.5) is 0 Å². The fraction of sp³-hybridized carbons (Fsp3) is 0.235. The zero-order valence-electron chi connectivity index (χ0n) is 22.1. The molecule has 4 aromatic rings. The van der Waals surface area contributed by atoms with Crippen LogP contribution in [0.1, 0.15) is 33.1 Å². The van der Waals surface area contributed by atoms with Gasteiger partial charge in [0.05, 0.1) is 0 Å². The summed E-state index contributed by atoms with van der Waals surface area (Å²) in [5.74, 6) is 0. The molecule has 0 aromatic heterocycles. The number of benzene rings is 4. The van der Waals surface area contributed by atoms with Crippen molar-refractivity contribution in [1.82, 2.24) is 0 Å². The first kappa shape index (κ1) is 27.5. The van der Waals surface area contributed by atoms with Gasteiger partial charge in [0.2, 0.25) is 0 Å². The summed E-state index contributed by atoms with van der Waals surface area (Å²) in [6.45, 7) is 4.32. The smallest absolute Gasteiger partial charge is 0.0311 e. The Morgan fingerprint density at radius 1 is 0.595 bits per heavy atom. The first-order valence-corrected chi connectivity index (χ1v) is 16.3. The van der Waals surface area contributed by atoms with Gasteiger partial charge in [-0.05, 0) is 82.5 Å². The molecule has 4 aromatic carbocycles. The minimum absolute atomic E-state index is 0.301. The van der Waals surface area contributed by atoms with Crippen LogP contribution in [-0.2, 0) is 0 Å². The fourth-order valence-electron chi connectivity index (χ4n) is 4.73. The summed E-state index contributed by atoms with van der Waals surface area (Å²) in [6.07, 6.45) is 8.03. The van der Waals surface area contributed by atoms with Crippen molar-refractivity contribution in [1.29, 1.82) is 0 Å². The highest BCUT2D eigenvalue weighted by molar-refractivity contribution is 7.73. The lowest BCUT2D eigenvalue weighted by molar-refractivity contribution is 0.576. The van der Waals surface area contributed by atoms with Gasteiger partial charge in [-0.25, -0.2) is 0 Å². The Morgan fingerprint density at radius 2 is 0.946 bits per heavy atom. The zero-order chi connectivity index (χ0) is 25.9. The highest BCUT2D eigenvalue weighted by atomic mass is 31.1. The van der Waals surface area contributed by atoms with Crippen molar-refractivity contribution in [3.05, 3.63) is 133 Å². The Balaban J connectivity index is 1.45. The second-order valence-corrected chi connectivity index (χ2v) is 14.7. The van der Waals surface area contributed by atoms with Crippen molar-refractivity contribution < 1.29 is 0 Å². The average Bonchev–Trinajstić information content (AvgIpc) is 2.93. The lowest BCUT2D eigenvalue weighted by atomic mass is 9.91. The number of rotatable bonds is 12. The quantitative estimate of drug-likeness (QED) is 0.156. The summed E-state index contributed by atoms with van der Waals surface area (Å²) in [4.78, 5) is 0. The van der Waals surface area contributed by atoms with Gasteiger partial charge in [0.25, 0.3) is 0 Å². The number of nitrogens with two attached hydrogens (primary N) is 1. The average molecular weight is 524 g/mol. The maximum atomic E-state index is 6.70. The number of hydrogen-bond donors (Lipinski definition) is 1. The van der Waals surface area contributed by atoms with Crippen molar-refractivity contribution in [3.8, 4) is 0 Å². The predicted molar refractivity (Wildman–Crippen MR) is 168 cm³/mol. The predicted octanol–water partition coefficient (Wildman–Crippen LogP) is 7.09. The second kappa shape index (κ2) is 13.8. The Kier molecular flexibility index (Phi) is 10.3. The van der Waals surface area contributed by atoms with Gasteiger partial charge in [0, 0.05) is 5.54 Å². The molecule has 0 aliphatic carbocycles. The molecule has 0 spiro atoms. The van der Waals surface area contributed by atoms with E-state index in [0.29, 0.717) is 0 Å². The van der Waals surface area contributed by atoms with Crippen LogP contribution < -0.4 is 27.0 Å². The first-order valence-electron chi connectivity index (χ1n) is 13.3. The van der Waals surface area contributed by atoms with Gasteiger partial charge >= 0.3 is 0 Å². The molecule has 0 saturated heterocycles. The topological polar surface area (TPSA) is 26.0 Å². The molecular formula is C34H39NP2. The lowest BCUT2D eigenvalue weighted by Gasteiger charge is -2.25. The Labute approximate surface area is 226 Å². The molecule has 190 valence electrons. The van der Waals surface area contributed by atoms with Crippen molar-refractivity contribution in [3.63, 3.8) is 0 Å². The van der Waals surface area contributed by atoms with E-state index < -0.39 is 0 Å². The van der Waals surface area contributed by atoms with Crippen molar-refractivity contribution in [2.45, 2.75) is 38.6 Å². The molecule has 37 heavy (non-hydrogen) atoms. The van der Waals surface area contributed by atoms with E-state index >= 15 is 0 Å². The summed E-state index contributed by atoms with van der Waals surface area (Å²) in [6, 6.07) is 44.0. The summed E-state index contributed by atoms with van der Waals surface area (Å²) in [7, 11) is -0.749. The molecule has 0 saturated carbocycles. The van der Waals surface area contributed by atoms with E-state index in [1.54, 1.807) is 0 Å². The minimum atomic E-state index is -0.383. The molecule has 1 nitrogen and oxygen atoms in total. The third-order valence-corrected chi connectivity index (χ3v) is 11.8. The SMILES string of the molecule is CC(C)(N)C(=CCCP(c1ccccc1)c1ccccc1)CCCP(c1ccccc1)c1ccccc1. The summed E-state index contributed by atoms with van der Waals surface area (Å²) in [5, 5.41) is 5.80. The molecule has 0 unspecified atom stereocenters. The second-order valence-electron chi connectivity index (χ2n) is 9.99. The van der Waals surface area contributed by atoms with E-state index in [-0.39, 0.29) is 21.4 Å². The molecule has 0 radical (unpaired) electrons. The first-order chi connectivity index (χ1) is 18.0. The minimum Gasteiger partial charge on any atom is -0.322 e. The number of allylic oxidation sites excluding steroid dienone is 1. The highest BCUT2D eigenvalue weighted by Gasteiger charge is 2.20. The molecule has 0 amide bonds. The largest absolute Gasteiger partial charge is 0.322 e. The van der Waals surface area contributed by atoms with Crippen molar-refractivity contribution in [2.75, 3.05) is 12.3 Å². The van der Waals surface area contributed by atoms with E-state index in [4.69, 9.17) is 5.73 Å². The maximum absolute atomic E-state index is 6.70. The third-order valence-electron chi connectivity index (χ3n) is 6.67. The Bertz CT molecular complexity index is 1140. The van der Waals surface area contributed by atoms with E-state index in [1.165, 1.54) is 33.0 Å². The molecular weight excluding hydrogens is 484 g/mol. The van der Waals surface area contributed by atoms with Crippen LogP contribution in [0.15, 0.2) is 133 Å². The van der Waals surface area contributed by atoms with Gasteiger partial charge in [-0.2, -0.15) is 0 Å². The Hall–Kier alpha value is -2.56. The fourth-order valence-corrected chi connectivity index (χ4v) is 9.35. The van der Waals surface area contributed by atoms with E-state index in [1.807, 2.05) is 0 Å². The van der Waals surface area contributed by atoms with E-state index in [0.717, 1.165) is 25.4 Å². The molecule has 0 aliphatic rings. The lowest BCUT2D eigenvalue weighted by Crippen LogP contribution is -2.34. The van der Waals surface area contributed by atoms with Crippen LogP contribution in [0, 0.1) is 0 Å². The molecule has 0 bridgehead atoms. The van der Waals surface area contributed by atoms with Crippen LogP contribution in [0.2, 0.25) is 0 Å². The maximum Gasteiger partial charge on any atom is 0.0311 e. The van der Waals surface area contributed by atoms with Crippen LogP contribution in [0.25, 0.3) is 0 Å². The van der Waals surface area contributed by atoms with Gasteiger partial charge in [-0.3, -0.25) is 0 Å². The molecule has 2 N–H and O–H groups in total. The number of hydrogen-bond acceptors (Lipinski definition) is 1. The van der Waals surface area contributed by atoms with Crippen molar-refractivity contribution >= 4 is 37.1 Å². The van der Waals surface area contributed by atoms with Gasteiger partial charge in [0.1, 0.15) is 0 Å². The van der Waals surface area contributed by atoms with E-state index in [9.17, 15) is 0 Å². The summed E-state index contributed by atoms with van der Waals surface area (Å²) >= 11 is 0. The monoisotopic (exact) mass is 523 g/mol. The van der Waals surface area contributed by atoms with Crippen LogP contribution in [0.3, 0.4) is 0 Å². The highest BCUT2D eigenvalue weighted by Crippen LogP contribution is 2.37. The zero-order valence-corrected chi connectivity index (χ0v) is 23.9. The molecule has 0 aliphatic heterocycles. The van der Waals surface area contributed by atoms with Crippen LogP contribution >= 0.6 is 15.8 Å². The van der Waals surface area contributed by atoms with Crippen molar-refractivity contribution in [2.24, 2.45) is 5.73 Å². The van der Waals surface area contributed by atoms with Crippen LogP contribution in [0.5, 0.6) is 0 Å². The normalized spacial score (nSPS) is 12.3. The van der Waals surface area contributed by atoms with Gasteiger partial charge in [-0.15, -0.1) is 0 Å². The molecule has 4 rings (SSSR count). The molecule has 0 heterocycles. The molecule has 0 atom stereocenters. The summed E-state index contributed by atoms with van der Waals surface area (Å²) in [5.41, 5.74) is 7.79. The molecule has 0 fully saturated rings. The van der Waals surface area contributed by atoms with Gasteiger partial charge in [-0.1, -0.05) is 133 Å². The summed E-state index contributed by atoms with van der Waals surface area (Å²) < 4.78 is 0. The van der Waals surface area contributed by atoms with Gasteiger partial charge in [0.15, 0.2) is 0 Å². The van der Waals surface area contributed by atoms with Crippen LogP contribution in [-0.4, -0.2) is 17.9 Å². The third kappa shape index (κ3) is 8.21. The standard InChI is InChI=1S/C34H39NP2/c1-34(2,35)29(17-15-27-36(30-19-7-3-8-20-30)31-21-9-4-10-22-31)18-16-28-37(32-23-11-5-12-24-32)33-25-13-6-14-26-33/h3-14,17,19-26H,15-16,18,27-28,35H2,1-2H3. The molecule has 3 heteroatoms. The Morgan fingerprint density at radius 3 is 1.30 bits per heavy atom. The van der Waals surface area contributed by atoms with Gasteiger partial charge < -0.3 is 5.73 Å². The van der Waals surface area contributed by atoms with E-state index in [2.05, 4.69) is 141 Å².